The van der Waals surface area contributed by atoms with Gasteiger partial charge in [0.15, 0.2) is 9.84 Å². The molecule has 1 aromatic rings. The lowest BCUT2D eigenvalue weighted by Gasteiger charge is -2.37. The Bertz CT molecular complexity index is 600. The summed E-state index contributed by atoms with van der Waals surface area (Å²) in [5, 5.41) is -0.439. The molecular weight excluding hydrogens is 304 g/mol. The summed E-state index contributed by atoms with van der Waals surface area (Å²) in [5.74, 6) is 1.59. The lowest BCUT2D eigenvalue weighted by atomic mass is 10.0. The van der Waals surface area contributed by atoms with Crippen LogP contribution in [-0.4, -0.2) is 44.1 Å². The first kappa shape index (κ1) is 16.6. The van der Waals surface area contributed by atoms with Gasteiger partial charge in [0.05, 0.1) is 0 Å². The zero-order valence-corrected chi connectivity index (χ0v) is 14.5. The summed E-state index contributed by atoms with van der Waals surface area (Å²) < 4.78 is 24.2. The highest BCUT2D eigenvalue weighted by molar-refractivity contribution is 8.01. The van der Waals surface area contributed by atoms with E-state index in [2.05, 4.69) is 13.0 Å². The van der Waals surface area contributed by atoms with Crippen molar-refractivity contribution in [1.29, 1.82) is 0 Å². The van der Waals surface area contributed by atoms with E-state index < -0.39 is 15.2 Å². The molecule has 0 saturated carbocycles. The number of hydrogen-bond donors (Lipinski definition) is 1. The van der Waals surface area contributed by atoms with E-state index in [9.17, 15) is 8.42 Å². The van der Waals surface area contributed by atoms with Gasteiger partial charge in [-0.3, -0.25) is 0 Å². The van der Waals surface area contributed by atoms with E-state index in [4.69, 9.17) is 5.73 Å². The number of thioether (sulfide) groups is 1. The molecule has 1 saturated heterocycles. The number of hydrogen-bond acceptors (Lipinski definition) is 5. The number of nitrogens with two attached hydrogens (primary N) is 1. The lowest BCUT2D eigenvalue weighted by molar-refractivity contribution is 0.584. The van der Waals surface area contributed by atoms with Crippen LogP contribution in [0, 0.1) is 6.92 Å². The van der Waals surface area contributed by atoms with Crippen molar-refractivity contribution in [2.45, 2.75) is 31.7 Å². The Morgan fingerprint density at radius 3 is 2.81 bits per heavy atom. The van der Waals surface area contributed by atoms with E-state index >= 15 is 0 Å². The van der Waals surface area contributed by atoms with Crippen molar-refractivity contribution in [1.82, 2.24) is 0 Å². The van der Waals surface area contributed by atoms with Crippen LogP contribution in [-0.2, 0) is 16.3 Å². The Morgan fingerprint density at radius 1 is 1.48 bits per heavy atom. The van der Waals surface area contributed by atoms with E-state index in [1.165, 1.54) is 11.8 Å². The van der Waals surface area contributed by atoms with Gasteiger partial charge in [-0.1, -0.05) is 17.7 Å². The normalized spacial score (nSPS) is 21.3. The molecule has 1 fully saturated rings. The van der Waals surface area contributed by atoms with Crippen molar-refractivity contribution in [2.75, 3.05) is 29.2 Å². The predicted octanol–water partition coefficient (Wildman–Crippen LogP) is 1.81. The highest BCUT2D eigenvalue weighted by atomic mass is 32.2. The third-order valence-electron chi connectivity index (χ3n) is 3.67. The molecule has 1 aliphatic heterocycles. The van der Waals surface area contributed by atoms with Gasteiger partial charge in [-0.2, -0.15) is 11.8 Å². The molecule has 118 valence electrons. The number of rotatable bonds is 4. The molecule has 0 aromatic heterocycles. The number of benzene rings is 1. The molecule has 0 aliphatic carbocycles. The van der Waals surface area contributed by atoms with Crippen LogP contribution in [0.1, 0.15) is 18.1 Å². The van der Waals surface area contributed by atoms with Crippen molar-refractivity contribution in [3.05, 3.63) is 29.3 Å². The maximum atomic E-state index is 12.1. The van der Waals surface area contributed by atoms with Crippen molar-refractivity contribution >= 4 is 27.3 Å². The number of sulfone groups is 1. The fourth-order valence-electron chi connectivity index (χ4n) is 2.72. The largest absolute Gasteiger partial charge is 0.353 e. The molecule has 1 aromatic carbocycles. The maximum Gasteiger partial charge on any atom is 0.169 e. The van der Waals surface area contributed by atoms with Crippen LogP contribution < -0.4 is 10.6 Å². The fraction of sp³-hybridized carbons (Fsp3) is 0.600. The molecule has 0 amide bonds. The highest BCUT2D eigenvalue weighted by Gasteiger charge is 2.32. The summed E-state index contributed by atoms with van der Waals surface area (Å²) in [5.41, 5.74) is 9.30. The Labute approximate surface area is 132 Å². The molecule has 1 heterocycles. The monoisotopic (exact) mass is 328 g/mol. The van der Waals surface area contributed by atoms with E-state index in [1.807, 2.05) is 24.0 Å². The second-order valence-electron chi connectivity index (χ2n) is 5.87. The average Bonchev–Trinajstić information content (AvgIpc) is 2.37. The molecule has 0 bridgehead atoms. The molecule has 21 heavy (non-hydrogen) atoms. The highest BCUT2D eigenvalue weighted by Crippen LogP contribution is 2.30. The van der Waals surface area contributed by atoms with Crippen LogP contribution in [0.4, 0.5) is 5.69 Å². The van der Waals surface area contributed by atoms with Gasteiger partial charge in [0.2, 0.25) is 0 Å². The Balaban J connectivity index is 2.43. The SMILES string of the molecule is Cc1ccc(N2CCSCC2S(C)(=O)=O)c(CC(C)N)c1. The van der Waals surface area contributed by atoms with Crippen molar-refractivity contribution in [3.8, 4) is 0 Å². The molecule has 6 heteroatoms. The van der Waals surface area contributed by atoms with Crippen LogP contribution in [0.25, 0.3) is 0 Å². The second kappa shape index (κ2) is 6.58. The molecule has 0 radical (unpaired) electrons. The minimum atomic E-state index is -3.10. The van der Waals surface area contributed by atoms with Gasteiger partial charge in [0.1, 0.15) is 5.37 Å². The van der Waals surface area contributed by atoms with E-state index in [-0.39, 0.29) is 6.04 Å². The van der Waals surface area contributed by atoms with Crippen molar-refractivity contribution in [3.63, 3.8) is 0 Å². The molecule has 2 unspecified atom stereocenters. The lowest BCUT2D eigenvalue weighted by Crippen LogP contribution is -2.47. The van der Waals surface area contributed by atoms with Crippen LogP contribution in [0.3, 0.4) is 0 Å². The van der Waals surface area contributed by atoms with Gasteiger partial charge in [0, 0.05) is 36.0 Å². The minimum absolute atomic E-state index is 0.0569. The third kappa shape index (κ3) is 4.14. The van der Waals surface area contributed by atoms with Gasteiger partial charge in [-0.25, -0.2) is 8.42 Å². The summed E-state index contributed by atoms with van der Waals surface area (Å²) in [4.78, 5) is 2.04. The quantitative estimate of drug-likeness (QED) is 0.913. The maximum absolute atomic E-state index is 12.1. The minimum Gasteiger partial charge on any atom is -0.353 e. The number of anilines is 1. The zero-order valence-electron chi connectivity index (χ0n) is 12.9. The smallest absolute Gasteiger partial charge is 0.169 e. The van der Waals surface area contributed by atoms with Crippen molar-refractivity contribution < 1.29 is 8.42 Å². The predicted molar refractivity (Wildman–Crippen MR) is 91.8 cm³/mol. The van der Waals surface area contributed by atoms with Crippen molar-refractivity contribution in [2.24, 2.45) is 5.73 Å². The summed E-state index contributed by atoms with van der Waals surface area (Å²) in [7, 11) is -3.10. The second-order valence-corrected chi connectivity index (χ2v) is 9.22. The first-order chi connectivity index (χ1) is 9.79. The van der Waals surface area contributed by atoms with Gasteiger partial charge in [0.25, 0.3) is 0 Å². The first-order valence-corrected chi connectivity index (χ1v) is 10.3. The molecule has 2 rings (SSSR count). The molecule has 1 aliphatic rings. The molecule has 0 spiro atoms. The number of aryl methyl sites for hydroxylation is 1. The number of nitrogens with zero attached hydrogens (tertiary/aromatic N) is 1. The fourth-order valence-corrected chi connectivity index (χ4v) is 5.55. The summed E-state index contributed by atoms with van der Waals surface area (Å²) in [6, 6.07) is 6.27. The summed E-state index contributed by atoms with van der Waals surface area (Å²) in [6.07, 6.45) is 2.09. The van der Waals surface area contributed by atoms with E-state index in [1.54, 1.807) is 11.8 Å². The Hall–Kier alpha value is -0.720. The Kier molecular flexibility index (Phi) is 5.22. The summed E-state index contributed by atoms with van der Waals surface area (Å²) in [6.45, 7) is 4.79. The third-order valence-corrected chi connectivity index (χ3v) is 6.31. The van der Waals surface area contributed by atoms with Gasteiger partial charge >= 0.3 is 0 Å². The molecular formula is C15H24N2O2S2. The first-order valence-electron chi connectivity index (χ1n) is 7.17. The van der Waals surface area contributed by atoms with E-state index in [0.717, 1.165) is 30.0 Å². The van der Waals surface area contributed by atoms with Crippen LogP contribution >= 0.6 is 11.8 Å². The zero-order chi connectivity index (χ0) is 15.6. The Morgan fingerprint density at radius 2 is 2.19 bits per heavy atom. The van der Waals surface area contributed by atoms with E-state index in [0.29, 0.717) is 5.75 Å². The molecule has 2 atom stereocenters. The van der Waals surface area contributed by atoms with Crippen LogP contribution in [0.15, 0.2) is 18.2 Å². The molecule has 4 nitrogen and oxygen atoms in total. The van der Waals surface area contributed by atoms with Gasteiger partial charge in [-0.15, -0.1) is 0 Å². The van der Waals surface area contributed by atoms with Gasteiger partial charge in [-0.05, 0) is 31.9 Å². The topological polar surface area (TPSA) is 63.4 Å². The average molecular weight is 329 g/mol. The summed E-state index contributed by atoms with van der Waals surface area (Å²) >= 11 is 1.71. The van der Waals surface area contributed by atoms with Crippen LogP contribution in [0.2, 0.25) is 0 Å². The van der Waals surface area contributed by atoms with Crippen LogP contribution in [0.5, 0.6) is 0 Å². The standard InChI is InChI=1S/C15H24N2O2S2/c1-11-4-5-14(13(8-11)9-12(2)16)17-6-7-20-10-15(17)21(3,18)19/h4-5,8,12,15H,6-7,9-10,16H2,1-3H3. The van der Waals surface area contributed by atoms with Gasteiger partial charge < -0.3 is 10.6 Å². The molecule has 2 N–H and O–H groups in total.